The third kappa shape index (κ3) is 3.96. The molecule has 2 aromatic rings. The Bertz CT molecular complexity index is 1030. The fraction of sp³-hybridized carbons (Fsp3) is 0.150. The van der Waals surface area contributed by atoms with E-state index in [0.717, 1.165) is 0 Å². The summed E-state index contributed by atoms with van der Waals surface area (Å²) < 4.78 is 0. The van der Waals surface area contributed by atoms with E-state index < -0.39 is 12.0 Å². The van der Waals surface area contributed by atoms with Crippen molar-refractivity contribution >= 4 is 52.0 Å². The van der Waals surface area contributed by atoms with E-state index in [9.17, 15) is 14.7 Å². The second-order valence-corrected chi connectivity index (χ2v) is 7.12. The lowest BCUT2D eigenvalue weighted by molar-refractivity contribution is -0.137. The first kappa shape index (κ1) is 19.7. The second kappa shape index (κ2) is 7.93. The van der Waals surface area contributed by atoms with E-state index in [1.807, 2.05) is 6.07 Å². The molecule has 2 N–H and O–H groups in total. The fourth-order valence-electron chi connectivity index (χ4n) is 2.99. The number of carboxylic acids is 1. The van der Waals surface area contributed by atoms with Crippen LogP contribution in [0.4, 0.5) is 11.4 Å². The zero-order chi connectivity index (χ0) is 20.4. The highest BCUT2D eigenvalue weighted by atomic mass is 35.5. The molecule has 0 spiro atoms. The molecule has 1 atom stereocenters. The van der Waals surface area contributed by atoms with E-state index in [2.05, 4.69) is 5.32 Å². The van der Waals surface area contributed by atoms with E-state index in [1.165, 1.54) is 11.0 Å². The first-order valence-corrected chi connectivity index (χ1v) is 9.03. The first-order valence-electron chi connectivity index (χ1n) is 8.27. The van der Waals surface area contributed by atoms with Gasteiger partial charge in [-0.05, 0) is 42.0 Å². The number of halogens is 2. The van der Waals surface area contributed by atoms with Crippen LogP contribution in [0.25, 0.3) is 5.57 Å². The first-order chi connectivity index (χ1) is 13.3. The van der Waals surface area contributed by atoms with Gasteiger partial charge in [0.15, 0.2) is 0 Å². The minimum absolute atomic E-state index is 0.0939. The van der Waals surface area contributed by atoms with Gasteiger partial charge in [-0.2, -0.15) is 5.26 Å². The molecular weight excluding hydrogens is 401 g/mol. The predicted octanol–water partition coefficient (Wildman–Crippen LogP) is 4.18. The minimum Gasteiger partial charge on any atom is -0.480 e. The van der Waals surface area contributed by atoms with Crippen LogP contribution in [0.15, 0.2) is 42.5 Å². The highest BCUT2D eigenvalue weighted by Crippen LogP contribution is 2.40. The Balaban J connectivity index is 1.98. The molecule has 0 saturated carbocycles. The maximum atomic E-state index is 12.8. The lowest BCUT2D eigenvalue weighted by Crippen LogP contribution is -2.33. The number of nitrogens with one attached hydrogen (secondary N) is 1. The summed E-state index contributed by atoms with van der Waals surface area (Å²) in [7, 11) is 1.60. The largest absolute Gasteiger partial charge is 0.480 e. The molecule has 0 aliphatic carbocycles. The molecule has 2 aromatic carbocycles. The monoisotopic (exact) mass is 415 g/mol. The van der Waals surface area contributed by atoms with E-state index in [0.29, 0.717) is 38.1 Å². The number of carbonyl (C=O) groups excluding carboxylic acids is 1. The number of anilines is 2. The zero-order valence-electron chi connectivity index (χ0n) is 14.7. The van der Waals surface area contributed by atoms with Gasteiger partial charge in [0.1, 0.15) is 6.04 Å². The van der Waals surface area contributed by atoms with E-state index in [1.54, 1.807) is 43.4 Å². The molecule has 1 unspecified atom stereocenters. The Morgan fingerprint density at radius 3 is 2.57 bits per heavy atom. The van der Waals surface area contributed by atoms with Crippen LogP contribution in [-0.2, 0) is 9.59 Å². The van der Waals surface area contributed by atoms with Crippen molar-refractivity contribution in [1.29, 1.82) is 5.26 Å². The Morgan fingerprint density at radius 1 is 1.29 bits per heavy atom. The molecule has 0 bridgehead atoms. The predicted molar refractivity (Wildman–Crippen MR) is 109 cm³/mol. The number of hydrogen-bond acceptors (Lipinski definition) is 4. The number of benzene rings is 2. The summed E-state index contributed by atoms with van der Waals surface area (Å²) in [5, 5.41) is 21.9. The van der Waals surface area contributed by atoms with Crippen molar-refractivity contribution in [3.05, 3.63) is 63.6 Å². The van der Waals surface area contributed by atoms with Gasteiger partial charge in [0.25, 0.3) is 5.91 Å². The number of nitriles is 1. The smallest absolute Gasteiger partial charge is 0.326 e. The number of nitrogens with zero attached hydrogens (tertiary/aromatic N) is 2. The number of hydrogen-bond donors (Lipinski definition) is 2. The number of fused-ring (bicyclic) bond motifs is 1. The lowest BCUT2D eigenvalue weighted by atomic mass is 9.91. The van der Waals surface area contributed by atoms with Crippen LogP contribution >= 0.6 is 23.2 Å². The van der Waals surface area contributed by atoms with Crippen molar-refractivity contribution in [2.75, 3.05) is 17.3 Å². The van der Waals surface area contributed by atoms with Gasteiger partial charge in [-0.15, -0.1) is 0 Å². The van der Waals surface area contributed by atoms with Crippen molar-refractivity contribution in [3.8, 4) is 6.07 Å². The van der Waals surface area contributed by atoms with Crippen LogP contribution in [0.1, 0.15) is 17.5 Å². The van der Waals surface area contributed by atoms with Gasteiger partial charge < -0.3 is 15.3 Å². The molecule has 1 aliphatic rings. The summed E-state index contributed by atoms with van der Waals surface area (Å²) in [6.45, 7) is 0. The quantitative estimate of drug-likeness (QED) is 0.733. The van der Waals surface area contributed by atoms with Gasteiger partial charge in [0.2, 0.25) is 0 Å². The van der Waals surface area contributed by atoms with Crippen LogP contribution in [0.2, 0.25) is 10.0 Å². The molecule has 28 heavy (non-hydrogen) atoms. The van der Waals surface area contributed by atoms with Gasteiger partial charge in [-0.3, -0.25) is 4.79 Å². The maximum Gasteiger partial charge on any atom is 0.326 e. The molecule has 1 amide bonds. The van der Waals surface area contributed by atoms with Crippen LogP contribution in [0.3, 0.4) is 0 Å². The molecule has 1 aliphatic heterocycles. The summed E-state index contributed by atoms with van der Waals surface area (Å²) in [6, 6.07) is 10.8. The summed E-state index contributed by atoms with van der Waals surface area (Å²) in [5.74, 6) is -1.39. The van der Waals surface area contributed by atoms with Crippen LogP contribution in [0, 0.1) is 11.3 Å². The van der Waals surface area contributed by atoms with Crippen molar-refractivity contribution in [1.82, 2.24) is 0 Å². The van der Waals surface area contributed by atoms with Crippen molar-refractivity contribution in [2.24, 2.45) is 0 Å². The third-order valence-corrected chi connectivity index (χ3v) is 4.96. The van der Waals surface area contributed by atoms with Crippen molar-refractivity contribution < 1.29 is 14.7 Å². The lowest BCUT2D eigenvalue weighted by Gasteiger charge is -2.28. The molecule has 0 fully saturated rings. The summed E-state index contributed by atoms with van der Waals surface area (Å²) in [6.07, 6.45) is 1.48. The van der Waals surface area contributed by atoms with E-state index >= 15 is 0 Å². The maximum absolute atomic E-state index is 12.8. The Morgan fingerprint density at radius 2 is 1.96 bits per heavy atom. The van der Waals surface area contributed by atoms with Gasteiger partial charge >= 0.3 is 5.97 Å². The van der Waals surface area contributed by atoms with Crippen molar-refractivity contribution in [3.63, 3.8) is 0 Å². The molecule has 3 rings (SSSR count). The Labute approximate surface area is 171 Å². The minimum atomic E-state index is -1.04. The molecule has 142 valence electrons. The number of carbonyl (C=O) groups is 2. The zero-order valence-corrected chi connectivity index (χ0v) is 16.3. The van der Waals surface area contributed by atoms with Gasteiger partial charge in [-0.25, -0.2) is 4.79 Å². The van der Waals surface area contributed by atoms with Crippen molar-refractivity contribution in [2.45, 2.75) is 12.5 Å². The number of rotatable bonds is 3. The van der Waals surface area contributed by atoms with Gasteiger partial charge in [0.05, 0.1) is 16.7 Å². The molecule has 6 nitrogen and oxygen atoms in total. The Hall–Kier alpha value is -3.01. The van der Waals surface area contributed by atoms with Crippen LogP contribution in [0.5, 0.6) is 0 Å². The second-order valence-electron chi connectivity index (χ2n) is 6.27. The molecule has 1 heterocycles. The topological polar surface area (TPSA) is 93.4 Å². The molecule has 0 aromatic heterocycles. The highest BCUT2D eigenvalue weighted by molar-refractivity contribution is 6.36. The highest BCUT2D eigenvalue weighted by Gasteiger charge is 2.29. The van der Waals surface area contributed by atoms with Crippen LogP contribution in [-0.4, -0.2) is 30.1 Å². The van der Waals surface area contributed by atoms with E-state index in [4.69, 9.17) is 28.5 Å². The van der Waals surface area contributed by atoms with Gasteiger partial charge in [-0.1, -0.05) is 23.2 Å². The van der Waals surface area contributed by atoms with Gasteiger partial charge in [0, 0.05) is 41.5 Å². The molecule has 0 radical (unpaired) electrons. The average Bonchev–Trinajstić information content (AvgIpc) is 2.66. The summed E-state index contributed by atoms with van der Waals surface area (Å²) in [5.41, 5.74) is 2.63. The Kier molecular flexibility index (Phi) is 5.59. The number of aliphatic carboxylic acids is 1. The number of likely N-dealkylation sites (N-methyl/N-ethyl adjacent to an activating group) is 1. The SMILES string of the molecule is CN(C(=O)/C=C1\CC(C(=O)O)Nc2cc(Cl)cc(Cl)c21)c1ccc(C#N)cc1. The normalized spacial score (nSPS) is 16.6. The molecule has 0 saturated heterocycles. The third-order valence-electron chi connectivity index (χ3n) is 4.44. The van der Waals surface area contributed by atoms with E-state index in [-0.39, 0.29) is 12.3 Å². The molecule has 8 heteroatoms. The number of carboxylic acid groups (broad SMARTS) is 1. The standard InChI is InChI=1S/C20H15Cl2N3O3/c1-25(14-4-2-11(10-23)3-5-14)18(26)7-12-6-17(20(27)28)24-16-9-13(21)8-15(22)19(12)16/h2-5,7-9,17,24H,6H2,1H3,(H,27,28)/b12-7+. The summed E-state index contributed by atoms with van der Waals surface area (Å²) in [4.78, 5) is 25.7. The summed E-state index contributed by atoms with van der Waals surface area (Å²) >= 11 is 12.3. The average molecular weight is 416 g/mol. The van der Waals surface area contributed by atoms with Crippen LogP contribution < -0.4 is 10.2 Å². The molecular formula is C20H15Cl2N3O3. The fourth-order valence-corrected chi connectivity index (χ4v) is 3.60. The number of amides is 1.